The molecule has 6 rings (SSSR count). The van der Waals surface area contributed by atoms with E-state index in [2.05, 4.69) is 6.07 Å². The van der Waals surface area contributed by atoms with Crippen LogP contribution in [0, 0.1) is 18.3 Å². The van der Waals surface area contributed by atoms with Gasteiger partial charge < -0.3 is 18.8 Å². The van der Waals surface area contributed by atoms with E-state index in [4.69, 9.17) is 14.2 Å². The highest BCUT2D eigenvalue weighted by molar-refractivity contribution is 5.51. The van der Waals surface area contributed by atoms with Crippen LogP contribution in [-0.4, -0.2) is 11.7 Å². The number of benzene rings is 3. The minimum absolute atomic E-state index is 0.139. The van der Waals surface area contributed by atoms with Gasteiger partial charge in [-0.3, -0.25) is 4.79 Å². The van der Waals surface area contributed by atoms with Crippen LogP contribution < -0.4 is 15.0 Å². The van der Waals surface area contributed by atoms with Crippen LogP contribution in [0.4, 0.5) is 0 Å². The van der Waals surface area contributed by atoms with Gasteiger partial charge in [-0.2, -0.15) is 5.26 Å². The summed E-state index contributed by atoms with van der Waals surface area (Å²) in [4.78, 5) is 13.9. The number of fused-ring (bicyclic) bond motifs is 6. The molecular weight excluding hydrogens is 452 g/mol. The molecule has 4 aromatic rings. The summed E-state index contributed by atoms with van der Waals surface area (Å²) in [5.74, 6) is 0.129. The van der Waals surface area contributed by atoms with Gasteiger partial charge in [0.2, 0.25) is 5.79 Å². The van der Waals surface area contributed by atoms with Crippen molar-refractivity contribution in [2.45, 2.75) is 31.8 Å². The van der Waals surface area contributed by atoms with Crippen molar-refractivity contribution in [2.75, 3.05) is 7.11 Å². The van der Waals surface area contributed by atoms with Gasteiger partial charge in [-0.1, -0.05) is 36.4 Å². The third-order valence-corrected chi connectivity index (χ3v) is 7.04. The first-order valence-corrected chi connectivity index (χ1v) is 11.8. The van der Waals surface area contributed by atoms with Crippen LogP contribution in [0.25, 0.3) is 0 Å². The summed E-state index contributed by atoms with van der Waals surface area (Å²) in [5, 5.41) is 9.51. The molecule has 3 aromatic carbocycles. The molecule has 0 aliphatic carbocycles. The first kappa shape index (κ1) is 22.1. The number of methoxy groups -OCH3 is 1. The van der Waals surface area contributed by atoms with Crippen molar-refractivity contribution in [3.63, 3.8) is 0 Å². The summed E-state index contributed by atoms with van der Waals surface area (Å²) in [6.45, 7) is 2.38. The Labute approximate surface area is 208 Å². The monoisotopic (exact) mass is 476 g/mol. The number of aromatic nitrogens is 1. The average molecular weight is 477 g/mol. The lowest BCUT2D eigenvalue weighted by atomic mass is 9.84. The van der Waals surface area contributed by atoms with Gasteiger partial charge in [-0.15, -0.1) is 0 Å². The maximum atomic E-state index is 13.9. The molecule has 2 atom stereocenters. The minimum Gasteiger partial charge on any atom is -0.497 e. The van der Waals surface area contributed by atoms with E-state index in [0.717, 1.165) is 33.7 Å². The van der Waals surface area contributed by atoms with Crippen molar-refractivity contribution in [1.29, 1.82) is 5.26 Å². The van der Waals surface area contributed by atoms with Crippen LogP contribution in [0.15, 0.2) is 83.7 Å². The van der Waals surface area contributed by atoms with E-state index in [1.807, 2.05) is 79.7 Å². The van der Waals surface area contributed by atoms with Gasteiger partial charge in [0.15, 0.2) is 0 Å². The Morgan fingerprint density at radius 3 is 2.58 bits per heavy atom. The van der Waals surface area contributed by atoms with Crippen molar-refractivity contribution in [1.82, 2.24) is 4.57 Å². The van der Waals surface area contributed by atoms with Crippen LogP contribution in [0.1, 0.15) is 45.2 Å². The second kappa shape index (κ2) is 8.40. The van der Waals surface area contributed by atoms with E-state index >= 15 is 0 Å². The molecule has 2 aliphatic heterocycles. The number of pyridine rings is 1. The smallest absolute Gasteiger partial charge is 0.261 e. The largest absolute Gasteiger partial charge is 0.497 e. The second-order valence-electron chi connectivity index (χ2n) is 9.22. The van der Waals surface area contributed by atoms with Gasteiger partial charge in [0.05, 0.1) is 30.9 Å². The maximum Gasteiger partial charge on any atom is 0.261 e. The van der Waals surface area contributed by atoms with Gasteiger partial charge in [-0.25, -0.2) is 0 Å². The molecule has 0 saturated heterocycles. The van der Waals surface area contributed by atoms with Crippen molar-refractivity contribution < 1.29 is 14.2 Å². The molecule has 2 aliphatic rings. The number of ether oxygens (including phenoxy) is 3. The summed E-state index contributed by atoms with van der Waals surface area (Å²) in [6.07, 6.45) is -0.214. The van der Waals surface area contributed by atoms with Crippen LogP contribution in [-0.2, 0) is 23.5 Å². The summed E-state index contributed by atoms with van der Waals surface area (Å²) in [6, 6.07) is 27.2. The van der Waals surface area contributed by atoms with Gasteiger partial charge in [0, 0.05) is 23.7 Å². The Kier molecular flexibility index (Phi) is 5.17. The van der Waals surface area contributed by atoms with Crippen LogP contribution in [0.5, 0.6) is 11.5 Å². The van der Waals surface area contributed by atoms with E-state index in [-0.39, 0.29) is 5.56 Å². The molecule has 36 heavy (non-hydrogen) atoms. The molecular formula is C30H24N2O4. The molecule has 0 fully saturated rings. The van der Waals surface area contributed by atoms with E-state index in [0.29, 0.717) is 29.8 Å². The Balaban J connectivity index is 1.54. The second-order valence-corrected chi connectivity index (χ2v) is 9.22. The highest BCUT2D eigenvalue weighted by Gasteiger charge is 2.50. The zero-order valence-corrected chi connectivity index (χ0v) is 20.0. The molecule has 178 valence electrons. The number of hydrogen-bond donors (Lipinski definition) is 0. The average Bonchev–Trinajstić information content (AvgIpc) is 2.91. The molecule has 0 unspecified atom stereocenters. The van der Waals surface area contributed by atoms with Crippen molar-refractivity contribution in [3.8, 4) is 17.6 Å². The van der Waals surface area contributed by atoms with E-state index in [9.17, 15) is 10.1 Å². The fourth-order valence-corrected chi connectivity index (χ4v) is 5.20. The van der Waals surface area contributed by atoms with Gasteiger partial charge in [0.25, 0.3) is 5.56 Å². The first-order chi connectivity index (χ1) is 17.5. The molecule has 6 heteroatoms. The maximum absolute atomic E-state index is 13.9. The quantitative estimate of drug-likeness (QED) is 0.415. The Hall–Kier alpha value is -4.34. The zero-order chi connectivity index (χ0) is 24.9. The lowest BCUT2D eigenvalue weighted by Crippen LogP contribution is -2.48. The summed E-state index contributed by atoms with van der Waals surface area (Å²) in [5.41, 5.74) is 5.38. The number of rotatable bonds is 4. The highest BCUT2D eigenvalue weighted by Crippen LogP contribution is 2.51. The van der Waals surface area contributed by atoms with Gasteiger partial charge >= 0.3 is 0 Å². The molecule has 1 aromatic heterocycles. The molecule has 0 saturated carbocycles. The summed E-state index contributed by atoms with van der Waals surface area (Å²) < 4.78 is 20.3. The topological polar surface area (TPSA) is 73.5 Å². The number of aryl methyl sites for hydroxylation is 1. The van der Waals surface area contributed by atoms with Gasteiger partial charge in [0.1, 0.15) is 17.6 Å². The molecule has 0 amide bonds. The summed E-state index contributed by atoms with van der Waals surface area (Å²) >= 11 is 0. The number of nitriles is 1. The SMILES string of the molecule is COc1ccc([C@]23Cc4cc(C#N)ccc4[C@H](O2)c2c(cc(C)n(Cc4ccccc4)c2=O)O3)cc1. The van der Waals surface area contributed by atoms with Crippen LogP contribution >= 0.6 is 0 Å². The number of nitrogens with zero attached hydrogens (tertiary/aromatic N) is 2. The van der Waals surface area contributed by atoms with Crippen LogP contribution in [0.3, 0.4) is 0 Å². The first-order valence-electron chi connectivity index (χ1n) is 11.8. The summed E-state index contributed by atoms with van der Waals surface area (Å²) in [7, 11) is 1.62. The third-order valence-electron chi connectivity index (χ3n) is 7.04. The zero-order valence-electron chi connectivity index (χ0n) is 20.0. The minimum atomic E-state index is -1.13. The Morgan fingerprint density at radius 1 is 1.08 bits per heavy atom. The fourth-order valence-electron chi connectivity index (χ4n) is 5.20. The van der Waals surface area contributed by atoms with Crippen molar-refractivity contribution >= 4 is 0 Å². The number of hydrogen-bond acceptors (Lipinski definition) is 5. The standard InChI is InChI=1S/C30H24N2O4/c1-19-14-26-27(29(33)32(19)18-20-6-4-3-5-7-20)28-25-13-8-21(17-31)15-22(25)16-30(35-26,36-28)23-9-11-24(34-2)12-10-23/h3-15,28H,16,18H2,1-2H3/t28-,30-/m0/s1. The Morgan fingerprint density at radius 2 is 1.86 bits per heavy atom. The lowest BCUT2D eigenvalue weighted by Gasteiger charge is -2.46. The Bertz CT molecular complexity index is 1570. The lowest BCUT2D eigenvalue weighted by molar-refractivity contribution is -0.237. The molecule has 0 radical (unpaired) electrons. The third kappa shape index (κ3) is 3.48. The molecule has 2 bridgehead atoms. The molecule has 0 spiro atoms. The predicted octanol–water partition coefficient (Wildman–Crippen LogP) is 4.99. The molecule has 0 N–H and O–H groups in total. The predicted molar refractivity (Wildman–Crippen MR) is 134 cm³/mol. The van der Waals surface area contributed by atoms with Gasteiger partial charge in [-0.05, 0) is 60.0 Å². The normalized spacial score (nSPS) is 19.4. The van der Waals surface area contributed by atoms with Crippen LogP contribution in [0.2, 0.25) is 0 Å². The fraction of sp³-hybridized carbons (Fsp3) is 0.200. The van der Waals surface area contributed by atoms with E-state index in [1.54, 1.807) is 17.7 Å². The van der Waals surface area contributed by atoms with E-state index < -0.39 is 11.9 Å². The molecule has 6 nitrogen and oxygen atoms in total. The van der Waals surface area contributed by atoms with Crippen molar-refractivity contribution in [2.24, 2.45) is 0 Å². The highest BCUT2D eigenvalue weighted by atomic mass is 16.7. The van der Waals surface area contributed by atoms with E-state index in [1.165, 1.54) is 0 Å². The molecule has 3 heterocycles. The van der Waals surface area contributed by atoms with Crippen molar-refractivity contribution in [3.05, 3.63) is 128 Å².